The maximum Gasteiger partial charge on any atom is 0.287 e. The van der Waals surface area contributed by atoms with E-state index < -0.39 is 5.91 Å². The molecule has 3 aromatic rings. The van der Waals surface area contributed by atoms with Crippen molar-refractivity contribution in [3.05, 3.63) is 83.1 Å². The van der Waals surface area contributed by atoms with Crippen molar-refractivity contribution in [3.63, 3.8) is 0 Å². The third-order valence-corrected chi connectivity index (χ3v) is 4.24. The van der Waals surface area contributed by atoms with Gasteiger partial charge in [0.1, 0.15) is 23.9 Å². The van der Waals surface area contributed by atoms with Crippen LogP contribution in [0.15, 0.2) is 59.0 Å². The summed E-state index contributed by atoms with van der Waals surface area (Å²) in [7, 11) is 0. The third kappa shape index (κ3) is 5.44. The van der Waals surface area contributed by atoms with E-state index in [9.17, 15) is 14.0 Å². The minimum absolute atomic E-state index is 0.0718. The number of rotatable bonds is 7. The average Bonchev–Trinajstić information content (AvgIpc) is 3.18. The molecule has 1 aromatic heterocycles. The Morgan fingerprint density at radius 2 is 1.69 bits per heavy atom. The number of benzene rings is 2. The van der Waals surface area contributed by atoms with Gasteiger partial charge in [0.25, 0.3) is 5.91 Å². The molecule has 6 nitrogen and oxygen atoms in total. The van der Waals surface area contributed by atoms with Gasteiger partial charge in [0.05, 0.1) is 6.54 Å². The highest BCUT2D eigenvalue weighted by atomic mass is 19.1. The minimum atomic E-state index is -0.505. The molecule has 2 N–H and O–H groups in total. The number of hydrogen-bond acceptors (Lipinski definition) is 4. The van der Waals surface area contributed by atoms with Crippen LogP contribution in [0.25, 0.3) is 0 Å². The van der Waals surface area contributed by atoms with E-state index in [0.717, 1.165) is 16.8 Å². The smallest absolute Gasteiger partial charge is 0.287 e. The Balaban J connectivity index is 1.49. The Hall–Kier alpha value is -3.61. The summed E-state index contributed by atoms with van der Waals surface area (Å²) >= 11 is 0. The SMILES string of the molecule is Cc1cccc(C)c1NC(=O)CNC(=O)c1ccc(COc2ccc(F)cc2)o1. The van der Waals surface area contributed by atoms with Crippen LogP contribution in [0.3, 0.4) is 0 Å². The van der Waals surface area contributed by atoms with Crippen molar-refractivity contribution in [3.8, 4) is 5.75 Å². The third-order valence-electron chi connectivity index (χ3n) is 4.24. The van der Waals surface area contributed by atoms with Gasteiger partial charge in [-0.15, -0.1) is 0 Å². The predicted octanol–water partition coefficient (Wildman–Crippen LogP) is 3.98. The van der Waals surface area contributed by atoms with E-state index in [2.05, 4.69) is 10.6 Å². The second-order valence-corrected chi connectivity index (χ2v) is 6.51. The number of amides is 2. The zero-order valence-electron chi connectivity index (χ0n) is 16.1. The van der Waals surface area contributed by atoms with Crippen molar-refractivity contribution < 1.29 is 23.1 Å². The lowest BCUT2D eigenvalue weighted by Gasteiger charge is -2.11. The summed E-state index contributed by atoms with van der Waals surface area (Å²) in [6.45, 7) is 3.71. The fraction of sp³-hybridized carbons (Fsp3) is 0.182. The number of carbonyl (C=O) groups is 2. The first-order valence-corrected chi connectivity index (χ1v) is 9.04. The molecular formula is C22H21FN2O4. The van der Waals surface area contributed by atoms with Gasteiger partial charge >= 0.3 is 0 Å². The molecule has 3 rings (SSSR count). The second-order valence-electron chi connectivity index (χ2n) is 6.51. The van der Waals surface area contributed by atoms with Crippen LogP contribution < -0.4 is 15.4 Å². The van der Waals surface area contributed by atoms with Crippen LogP contribution >= 0.6 is 0 Å². The molecule has 7 heteroatoms. The second kappa shape index (κ2) is 9.05. The summed E-state index contributed by atoms with van der Waals surface area (Å²) < 4.78 is 23.8. The molecular weight excluding hydrogens is 375 g/mol. The first-order chi connectivity index (χ1) is 13.9. The highest BCUT2D eigenvalue weighted by Gasteiger charge is 2.14. The zero-order chi connectivity index (χ0) is 20.8. The molecule has 0 atom stereocenters. The van der Waals surface area contributed by atoms with Gasteiger partial charge in [0.15, 0.2) is 5.76 Å². The van der Waals surface area contributed by atoms with Gasteiger partial charge in [0, 0.05) is 5.69 Å². The molecule has 0 bridgehead atoms. The van der Waals surface area contributed by atoms with Crippen molar-refractivity contribution >= 4 is 17.5 Å². The fourth-order valence-corrected chi connectivity index (χ4v) is 2.71. The summed E-state index contributed by atoms with van der Waals surface area (Å²) in [5, 5.41) is 5.33. The highest BCUT2D eigenvalue weighted by Crippen LogP contribution is 2.19. The lowest BCUT2D eigenvalue weighted by Crippen LogP contribution is -2.33. The first kappa shape index (κ1) is 20.1. The van der Waals surface area contributed by atoms with Crippen LogP contribution in [-0.4, -0.2) is 18.4 Å². The Morgan fingerprint density at radius 3 is 2.38 bits per heavy atom. The topological polar surface area (TPSA) is 80.6 Å². The van der Waals surface area contributed by atoms with Crippen molar-refractivity contribution in [1.82, 2.24) is 5.32 Å². The van der Waals surface area contributed by atoms with Crippen LogP contribution in [0.4, 0.5) is 10.1 Å². The summed E-state index contributed by atoms with van der Waals surface area (Å²) in [5.74, 6) is -0.202. The molecule has 150 valence electrons. The van der Waals surface area contributed by atoms with E-state index in [1.165, 1.54) is 30.3 Å². The molecule has 0 radical (unpaired) electrons. The van der Waals surface area contributed by atoms with E-state index in [4.69, 9.17) is 9.15 Å². The number of para-hydroxylation sites is 1. The van der Waals surface area contributed by atoms with E-state index >= 15 is 0 Å². The molecule has 2 amide bonds. The zero-order valence-corrected chi connectivity index (χ0v) is 16.1. The van der Waals surface area contributed by atoms with Crippen LogP contribution in [0, 0.1) is 19.7 Å². The van der Waals surface area contributed by atoms with Gasteiger partial charge < -0.3 is 19.8 Å². The van der Waals surface area contributed by atoms with Gasteiger partial charge in [-0.3, -0.25) is 9.59 Å². The van der Waals surface area contributed by atoms with E-state index in [1.54, 1.807) is 6.07 Å². The van der Waals surface area contributed by atoms with E-state index in [1.807, 2.05) is 32.0 Å². The largest absolute Gasteiger partial charge is 0.486 e. The molecule has 0 aliphatic carbocycles. The van der Waals surface area contributed by atoms with Gasteiger partial charge in [-0.1, -0.05) is 18.2 Å². The van der Waals surface area contributed by atoms with Gasteiger partial charge in [-0.05, 0) is 61.4 Å². The normalized spacial score (nSPS) is 10.4. The Kier molecular flexibility index (Phi) is 6.29. The molecule has 29 heavy (non-hydrogen) atoms. The highest BCUT2D eigenvalue weighted by molar-refractivity contribution is 5.98. The van der Waals surface area contributed by atoms with Crippen LogP contribution in [-0.2, 0) is 11.4 Å². The molecule has 0 spiro atoms. The maximum atomic E-state index is 12.9. The maximum absolute atomic E-state index is 12.9. The summed E-state index contributed by atoms with van der Waals surface area (Å²) in [5.41, 5.74) is 2.63. The number of ether oxygens (including phenoxy) is 1. The Morgan fingerprint density at radius 1 is 1.00 bits per heavy atom. The Labute approximate surface area is 167 Å². The fourth-order valence-electron chi connectivity index (χ4n) is 2.71. The molecule has 0 aliphatic heterocycles. The number of hydrogen-bond donors (Lipinski definition) is 2. The van der Waals surface area contributed by atoms with Crippen LogP contribution in [0.5, 0.6) is 5.75 Å². The van der Waals surface area contributed by atoms with Gasteiger partial charge in [0.2, 0.25) is 5.91 Å². The molecule has 0 aliphatic rings. The molecule has 0 saturated heterocycles. The quantitative estimate of drug-likeness (QED) is 0.633. The lowest BCUT2D eigenvalue weighted by atomic mass is 10.1. The van der Waals surface area contributed by atoms with E-state index in [0.29, 0.717) is 11.5 Å². The van der Waals surface area contributed by atoms with Gasteiger partial charge in [-0.2, -0.15) is 0 Å². The average molecular weight is 396 g/mol. The molecule has 1 heterocycles. The van der Waals surface area contributed by atoms with Crippen molar-refractivity contribution in [1.29, 1.82) is 0 Å². The van der Waals surface area contributed by atoms with Crippen molar-refractivity contribution in [2.75, 3.05) is 11.9 Å². The summed E-state index contributed by atoms with van der Waals surface area (Å²) in [6.07, 6.45) is 0. The number of aryl methyl sites for hydroxylation is 2. The van der Waals surface area contributed by atoms with Crippen LogP contribution in [0.2, 0.25) is 0 Å². The number of carbonyl (C=O) groups excluding carboxylic acids is 2. The summed E-state index contributed by atoms with van der Waals surface area (Å²) in [6, 6.07) is 14.4. The number of halogens is 1. The van der Waals surface area contributed by atoms with Gasteiger partial charge in [-0.25, -0.2) is 4.39 Å². The number of nitrogens with one attached hydrogen (secondary N) is 2. The number of furan rings is 1. The minimum Gasteiger partial charge on any atom is -0.486 e. The molecule has 0 saturated carbocycles. The van der Waals surface area contributed by atoms with Crippen molar-refractivity contribution in [2.24, 2.45) is 0 Å². The van der Waals surface area contributed by atoms with Crippen LogP contribution in [0.1, 0.15) is 27.4 Å². The number of anilines is 1. The van der Waals surface area contributed by atoms with E-state index in [-0.39, 0.29) is 30.6 Å². The monoisotopic (exact) mass is 396 g/mol. The standard InChI is InChI=1S/C22H21FN2O4/c1-14-4-3-5-15(2)21(14)25-20(26)12-24-22(27)19-11-10-18(29-19)13-28-17-8-6-16(23)7-9-17/h3-11H,12-13H2,1-2H3,(H,24,27)(H,25,26). The molecule has 0 unspecified atom stereocenters. The lowest BCUT2D eigenvalue weighted by molar-refractivity contribution is -0.115. The van der Waals surface area contributed by atoms with Crippen molar-refractivity contribution in [2.45, 2.75) is 20.5 Å². The molecule has 2 aromatic carbocycles. The predicted molar refractivity (Wildman–Crippen MR) is 106 cm³/mol. The Bertz CT molecular complexity index is 992. The molecule has 0 fully saturated rings. The summed E-state index contributed by atoms with van der Waals surface area (Å²) in [4.78, 5) is 24.3. The first-order valence-electron chi connectivity index (χ1n) is 9.04.